The highest BCUT2D eigenvalue weighted by molar-refractivity contribution is 8.14. The van der Waals surface area contributed by atoms with Gasteiger partial charge in [0.1, 0.15) is 19.0 Å². The Morgan fingerprint density at radius 1 is 1.10 bits per heavy atom. The zero-order chi connectivity index (χ0) is 21.1. The predicted octanol–water partition coefficient (Wildman–Crippen LogP) is 5.17. The fourth-order valence-corrected chi connectivity index (χ4v) is 4.86. The van der Waals surface area contributed by atoms with Crippen LogP contribution in [-0.2, 0) is 27.5 Å². The predicted molar refractivity (Wildman–Crippen MR) is 118 cm³/mol. The van der Waals surface area contributed by atoms with Crippen molar-refractivity contribution in [3.05, 3.63) is 77.4 Å². The van der Waals surface area contributed by atoms with Crippen molar-refractivity contribution in [3.63, 3.8) is 0 Å². The minimum Gasteiger partial charge on any atom is -0.489 e. The zero-order valence-corrected chi connectivity index (χ0v) is 18.1. The number of rotatable bonds is 7. The summed E-state index contributed by atoms with van der Waals surface area (Å²) in [4.78, 5) is 24.6. The van der Waals surface area contributed by atoms with E-state index >= 15 is 0 Å². The van der Waals surface area contributed by atoms with Gasteiger partial charge in [-0.25, -0.2) is 0 Å². The largest absolute Gasteiger partial charge is 0.489 e. The second-order valence-corrected chi connectivity index (χ2v) is 9.50. The van der Waals surface area contributed by atoms with E-state index in [-0.39, 0.29) is 34.9 Å². The van der Waals surface area contributed by atoms with Gasteiger partial charge in [0, 0.05) is 11.3 Å². The summed E-state index contributed by atoms with van der Waals surface area (Å²) >= 11 is 1.36. The van der Waals surface area contributed by atoms with Crippen molar-refractivity contribution in [1.29, 1.82) is 0 Å². The molecule has 0 N–H and O–H groups in total. The second-order valence-electron chi connectivity index (χ2n) is 8.43. The number of esters is 1. The van der Waals surface area contributed by atoms with E-state index in [0.29, 0.717) is 6.61 Å². The first-order chi connectivity index (χ1) is 14.4. The number of benzene rings is 2. The molecule has 0 aromatic heterocycles. The smallest absolute Gasteiger partial charge is 0.310 e. The van der Waals surface area contributed by atoms with Crippen LogP contribution in [-0.4, -0.2) is 16.8 Å². The molecule has 0 radical (unpaired) electrons. The van der Waals surface area contributed by atoms with Crippen LogP contribution in [0.5, 0.6) is 5.75 Å². The Kier molecular flexibility index (Phi) is 6.00. The normalized spacial score (nSPS) is 23.4. The Labute approximate surface area is 181 Å². The molecule has 2 unspecified atom stereocenters. The summed E-state index contributed by atoms with van der Waals surface area (Å²) in [5, 5.41) is 0.152. The summed E-state index contributed by atoms with van der Waals surface area (Å²) in [6, 6.07) is 17.6. The van der Waals surface area contributed by atoms with E-state index in [1.165, 1.54) is 11.8 Å². The van der Waals surface area contributed by atoms with Crippen molar-refractivity contribution >= 4 is 22.8 Å². The molecule has 1 aliphatic carbocycles. The highest BCUT2D eigenvalue weighted by atomic mass is 32.2. The van der Waals surface area contributed by atoms with Gasteiger partial charge < -0.3 is 9.47 Å². The van der Waals surface area contributed by atoms with E-state index in [0.717, 1.165) is 34.6 Å². The molecule has 2 aromatic carbocycles. The molecule has 1 saturated carbocycles. The number of hydrogen-bond acceptors (Lipinski definition) is 5. The Morgan fingerprint density at radius 3 is 2.53 bits per heavy atom. The lowest BCUT2D eigenvalue weighted by Crippen LogP contribution is -2.11. The molecule has 30 heavy (non-hydrogen) atoms. The number of carbonyl (C=O) groups is 2. The third kappa shape index (κ3) is 4.62. The van der Waals surface area contributed by atoms with Gasteiger partial charge in [0.2, 0.25) is 5.12 Å². The summed E-state index contributed by atoms with van der Waals surface area (Å²) in [6.45, 7) is 4.83. The topological polar surface area (TPSA) is 52.6 Å². The van der Waals surface area contributed by atoms with E-state index in [9.17, 15) is 9.59 Å². The van der Waals surface area contributed by atoms with Crippen LogP contribution in [0, 0.1) is 17.3 Å². The number of para-hydroxylation sites is 1. The standard InChI is InChI=1S/C25H26O4S/c1-25(2)21(14-19-11-12-30-24(19)27)22(25)23(26)29-16-18-8-6-7-17(13-18)15-28-20-9-4-3-5-10-20/h3-10,13-14,21-22H,11-12,15-16H2,1-2H3/b19-14+. The van der Waals surface area contributed by atoms with Crippen LogP contribution in [0.15, 0.2) is 66.2 Å². The molecule has 2 aromatic rings. The van der Waals surface area contributed by atoms with E-state index in [2.05, 4.69) is 13.8 Å². The summed E-state index contributed by atoms with van der Waals surface area (Å²) in [5.74, 6) is 1.37. The van der Waals surface area contributed by atoms with Gasteiger partial charge in [-0.05, 0) is 47.1 Å². The summed E-state index contributed by atoms with van der Waals surface area (Å²) in [6.07, 6.45) is 2.81. The molecule has 0 spiro atoms. The second kappa shape index (κ2) is 8.68. The number of carbonyl (C=O) groups excluding carboxylic acids is 2. The van der Waals surface area contributed by atoms with Gasteiger partial charge in [-0.15, -0.1) is 0 Å². The Balaban J connectivity index is 1.32. The molecule has 1 aliphatic heterocycles. The maximum atomic E-state index is 12.7. The Morgan fingerprint density at radius 2 is 1.83 bits per heavy atom. The number of ether oxygens (including phenoxy) is 2. The lowest BCUT2D eigenvalue weighted by Gasteiger charge is -2.09. The average molecular weight is 423 g/mol. The quantitative estimate of drug-likeness (QED) is 0.455. The van der Waals surface area contributed by atoms with Gasteiger partial charge in [-0.2, -0.15) is 0 Å². The number of thioether (sulfide) groups is 1. The summed E-state index contributed by atoms with van der Waals surface area (Å²) in [7, 11) is 0. The molecule has 0 bridgehead atoms. The lowest BCUT2D eigenvalue weighted by molar-refractivity contribution is -0.147. The SMILES string of the molecule is CC1(C)C(/C=C2\CCSC2=O)C1C(=O)OCc1cccc(COc2ccccc2)c1. The molecule has 0 amide bonds. The molecular formula is C25H26O4S. The molecule has 156 valence electrons. The maximum Gasteiger partial charge on any atom is 0.310 e. The molecule has 4 rings (SSSR count). The van der Waals surface area contributed by atoms with Gasteiger partial charge in [0.25, 0.3) is 0 Å². The van der Waals surface area contributed by atoms with Crippen LogP contribution in [0.3, 0.4) is 0 Å². The van der Waals surface area contributed by atoms with E-state index < -0.39 is 0 Å². The molecule has 5 heteroatoms. The molecule has 2 fully saturated rings. The van der Waals surface area contributed by atoms with Gasteiger partial charge in [-0.3, -0.25) is 9.59 Å². The first-order valence-corrected chi connectivity index (χ1v) is 11.2. The van der Waals surface area contributed by atoms with Crippen molar-refractivity contribution in [2.24, 2.45) is 17.3 Å². The van der Waals surface area contributed by atoms with E-state index in [1.807, 2.05) is 60.7 Å². The fourth-order valence-electron chi connectivity index (χ4n) is 3.99. The summed E-state index contributed by atoms with van der Waals surface area (Å²) in [5.41, 5.74) is 2.66. The van der Waals surface area contributed by atoms with Crippen LogP contribution >= 0.6 is 11.8 Å². The zero-order valence-electron chi connectivity index (χ0n) is 17.3. The monoisotopic (exact) mass is 422 g/mol. The van der Waals surface area contributed by atoms with Crippen molar-refractivity contribution in [2.75, 3.05) is 5.75 Å². The first kappa shape index (κ1) is 20.7. The van der Waals surface area contributed by atoms with Crippen LogP contribution in [0.1, 0.15) is 31.4 Å². The lowest BCUT2D eigenvalue weighted by atomic mass is 10.1. The molecule has 1 heterocycles. The average Bonchev–Trinajstić information content (AvgIpc) is 3.05. The number of allylic oxidation sites excluding steroid dienone is 1. The maximum absolute atomic E-state index is 12.7. The number of hydrogen-bond donors (Lipinski definition) is 0. The van der Waals surface area contributed by atoms with Crippen LogP contribution < -0.4 is 4.74 Å². The third-order valence-corrected chi connectivity index (χ3v) is 6.87. The van der Waals surface area contributed by atoms with E-state index in [4.69, 9.17) is 9.47 Å². The molecule has 2 atom stereocenters. The molecule has 4 nitrogen and oxygen atoms in total. The molecule has 2 aliphatic rings. The van der Waals surface area contributed by atoms with Crippen molar-refractivity contribution in [1.82, 2.24) is 0 Å². The fraction of sp³-hybridized carbons (Fsp3) is 0.360. The van der Waals surface area contributed by atoms with Crippen molar-refractivity contribution < 1.29 is 19.1 Å². The highest BCUT2D eigenvalue weighted by Crippen LogP contribution is 2.60. The third-order valence-electron chi connectivity index (χ3n) is 5.93. The van der Waals surface area contributed by atoms with Crippen molar-refractivity contribution in [2.45, 2.75) is 33.5 Å². The van der Waals surface area contributed by atoms with E-state index in [1.54, 1.807) is 0 Å². The van der Waals surface area contributed by atoms with Crippen LogP contribution in [0.25, 0.3) is 0 Å². The highest BCUT2D eigenvalue weighted by Gasteiger charge is 2.61. The van der Waals surface area contributed by atoms with Crippen LogP contribution in [0.2, 0.25) is 0 Å². The minimum absolute atomic E-state index is 0.0771. The van der Waals surface area contributed by atoms with Gasteiger partial charge >= 0.3 is 5.97 Å². The minimum atomic E-state index is -0.189. The van der Waals surface area contributed by atoms with Gasteiger partial charge in [-0.1, -0.05) is 68.1 Å². The molecular weight excluding hydrogens is 396 g/mol. The van der Waals surface area contributed by atoms with Gasteiger partial charge in [0.15, 0.2) is 0 Å². The Bertz CT molecular complexity index is 964. The van der Waals surface area contributed by atoms with Crippen molar-refractivity contribution in [3.8, 4) is 5.75 Å². The molecule has 1 saturated heterocycles. The first-order valence-electron chi connectivity index (χ1n) is 10.3. The Hall–Kier alpha value is -2.53. The van der Waals surface area contributed by atoms with Gasteiger partial charge in [0.05, 0.1) is 5.92 Å². The summed E-state index contributed by atoms with van der Waals surface area (Å²) < 4.78 is 11.4. The van der Waals surface area contributed by atoms with Crippen LogP contribution in [0.4, 0.5) is 0 Å².